The smallest absolute Gasteiger partial charge is 0.276 e. The van der Waals surface area contributed by atoms with Gasteiger partial charge in [0.1, 0.15) is 13.2 Å². The van der Waals surface area contributed by atoms with E-state index in [0.29, 0.717) is 30.3 Å². The van der Waals surface area contributed by atoms with Gasteiger partial charge in [-0.3, -0.25) is 10.1 Å². The molecule has 110 valence electrons. The predicted molar refractivity (Wildman–Crippen MR) is 75.6 cm³/mol. The lowest BCUT2D eigenvalue weighted by Crippen LogP contribution is -2.31. The molecule has 0 saturated heterocycles. The van der Waals surface area contributed by atoms with Crippen molar-refractivity contribution in [3.63, 3.8) is 0 Å². The minimum absolute atomic E-state index is 0.00572. The van der Waals surface area contributed by atoms with Crippen LogP contribution in [0.4, 0.5) is 5.69 Å². The molecular formula is C14H20N2O4. The molecule has 0 aromatic heterocycles. The van der Waals surface area contributed by atoms with Gasteiger partial charge in [-0.15, -0.1) is 0 Å². The van der Waals surface area contributed by atoms with E-state index in [4.69, 9.17) is 9.47 Å². The number of nitro benzene ring substituents is 1. The maximum atomic E-state index is 11.3. The molecule has 6 heteroatoms. The largest absolute Gasteiger partial charge is 0.486 e. The Morgan fingerprint density at radius 1 is 1.30 bits per heavy atom. The molecule has 0 spiro atoms. The molecule has 2 atom stereocenters. The van der Waals surface area contributed by atoms with Crippen molar-refractivity contribution in [3.8, 4) is 11.5 Å². The Morgan fingerprint density at radius 2 is 1.90 bits per heavy atom. The Morgan fingerprint density at radius 3 is 2.45 bits per heavy atom. The summed E-state index contributed by atoms with van der Waals surface area (Å²) in [5, 5.41) is 14.6. The van der Waals surface area contributed by atoms with E-state index in [1.165, 1.54) is 6.07 Å². The zero-order valence-electron chi connectivity index (χ0n) is 12.0. The van der Waals surface area contributed by atoms with Crippen LogP contribution in [-0.4, -0.2) is 30.7 Å². The molecule has 0 bridgehead atoms. The first-order chi connectivity index (χ1) is 9.54. The summed E-state index contributed by atoms with van der Waals surface area (Å²) < 4.78 is 10.9. The number of nitro groups is 1. The summed E-state index contributed by atoms with van der Waals surface area (Å²) in [5.41, 5.74) is 0.763. The van der Waals surface area contributed by atoms with Gasteiger partial charge in [-0.1, -0.05) is 13.8 Å². The number of fused-ring (bicyclic) bond motifs is 1. The standard InChI is InChI=1S/C14H20N2O4/c1-4-15-10(3)9(2)11-7-13-14(20-6-5-19-13)8-12(11)16(17)18/h7-10,15H,4-6H2,1-3H3. The highest BCUT2D eigenvalue weighted by Gasteiger charge is 2.27. The van der Waals surface area contributed by atoms with E-state index in [-0.39, 0.29) is 22.6 Å². The van der Waals surface area contributed by atoms with Gasteiger partial charge in [-0.05, 0) is 19.5 Å². The number of benzene rings is 1. The monoisotopic (exact) mass is 280 g/mol. The Kier molecular flexibility index (Phi) is 4.44. The fourth-order valence-electron chi connectivity index (χ4n) is 2.38. The average molecular weight is 280 g/mol. The molecule has 0 radical (unpaired) electrons. The second-order valence-electron chi connectivity index (χ2n) is 4.95. The molecule has 0 amide bonds. The molecule has 1 aliphatic rings. The van der Waals surface area contributed by atoms with Gasteiger partial charge in [-0.25, -0.2) is 0 Å². The third kappa shape index (κ3) is 2.85. The molecule has 1 heterocycles. The number of ether oxygens (including phenoxy) is 2. The van der Waals surface area contributed by atoms with Gasteiger partial charge >= 0.3 is 0 Å². The van der Waals surface area contributed by atoms with Gasteiger partial charge in [0.25, 0.3) is 5.69 Å². The predicted octanol–water partition coefficient (Wildman–Crippen LogP) is 2.47. The maximum absolute atomic E-state index is 11.3. The first kappa shape index (κ1) is 14.6. The van der Waals surface area contributed by atoms with Gasteiger partial charge in [-0.2, -0.15) is 0 Å². The van der Waals surface area contributed by atoms with Crippen LogP contribution in [-0.2, 0) is 0 Å². The zero-order chi connectivity index (χ0) is 14.7. The van der Waals surface area contributed by atoms with Crippen molar-refractivity contribution in [2.75, 3.05) is 19.8 Å². The summed E-state index contributed by atoms with van der Waals surface area (Å²) in [6, 6.07) is 3.35. The van der Waals surface area contributed by atoms with Crippen LogP contribution < -0.4 is 14.8 Å². The Balaban J connectivity index is 2.41. The van der Waals surface area contributed by atoms with Crippen molar-refractivity contribution in [2.45, 2.75) is 32.7 Å². The fourth-order valence-corrected chi connectivity index (χ4v) is 2.38. The van der Waals surface area contributed by atoms with Crippen LogP contribution in [0.2, 0.25) is 0 Å². The van der Waals surface area contributed by atoms with E-state index >= 15 is 0 Å². The van der Waals surface area contributed by atoms with Gasteiger partial charge in [0.15, 0.2) is 11.5 Å². The number of hydrogen-bond donors (Lipinski definition) is 1. The normalized spacial score (nSPS) is 16.6. The van der Waals surface area contributed by atoms with E-state index in [9.17, 15) is 10.1 Å². The van der Waals surface area contributed by atoms with Crippen molar-refractivity contribution < 1.29 is 14.4 Å². The van der Waals surface area contributed by atoms with Crippen molar-refractivity contribution in [3.05, 3.63) is 27.8 Å². The molecule has 0 fully saturated rings. The quantitative estimate of drug-likeness (QED) is 0.662. The Labute approximate surface area is 118 Å². The molecule has 1 aromatic carbocycles. The lowest BCUT2D eigenvalue weighted by Gasteiger charge is -2.24. The van der Waals surface area contributed by atoms with E-state index in [0.717, 1.165) is 6.54 Å². The molecule has 6 nitrogen and oxygen atoms in total. The molecule has 1 aliphatic heterocycles. The molecule has 0 saturated carbocycles. The second-order valence-corrected chi connectivity index (χ2v) is 4.95. The van der Waals surface area contributed by atoms with E-state index in [1.807, 2.05) is 20.8 Å². The van der Waals surface area contributed by atoms with E-state index in [1.54, 1.807) is 6.07 Å². The SMILES string of the molecule is CCNC(C)C(C)c1cc2c(cc1[N+](=O)[O-])OCCO2. The third-order valence-electron chi connectivity index (χ3n) is 3.65. The molecule has 2 rings (SSSR count). The minimum Gasteiger partial charge on any atom is -0.486 e. The van der Waals surface area contributed by atoms with Gasteiger partial charge < -0.3 is 14.8 Å². The second kappa shape index (κ2) is 6.09. The van der Waals surface area contributed by atoms with Gasteiger partial charge in [0.2, 0.25) is 0 Å². The average Bonchev–Trinajstić information content (AvgIpc) is 2.45. The number of hydrogen-bond acceptors (Lipinski definition) is 5. The summed E-state index contributed by atoms with van der Waals surface area (Å²) in [6.07, 6.45) is 0. The van der Waals surface area contributed by atoms with Gasteiger partial charge in [0.05, 0.1) is 11.0 Å². The van der Waals surface area contributed by atoms with Crippen molar-refractivity contribution in [1.29, 1.82) is 0 Å². The van der Waals surface area contributed by atoms with Crippen LogP contribution >= 0.6 is 0 Å². The summed E-state index contributed by atoms with van der Waals surface area (Å²) >= 11 is 0. The topological polar surface area (TPSA) is 73.6 Å². The lowest BCUT2D eigenvalue weighted by molar-refractivity contribution is -0.385. The molecule has 1 N–H and O–H groups in total. The molecular weight excluding hydrogens is 260 g/mol. The van der Waals surface area contributed by atoms with Crippen LogP contribution in [0.15, 0.2) is 12.1 Å². The van der Waals surface area contributed by atoms with Crippen LogP contribution in [0.3, 0.4) is 0 Å². The highest BCUT2D eigenvalue weighted by Crippen LogP contribution is 2.40. The maximum Gasteiger partial charge on any atom is 0.276 e. The third-order valence-corrected chi connectivity index (χ3v) is 3.65. The van der Waals surface area contributed by atoms with Crippen LogP contribution in [0.5, 0.6) is 11.5 Å². The van der Waals surface area contributed by atoms with E-state index < -0.39 is 0 Å². The van der Waals surface area contributed by atoms with Crippen molar-refractivity contribution in [2.24, 2.45) is 0 Å². The summed E-state index contributed by atoms with van der Waals surface area (Å²) in [7, 11) is 0. The first-order valence-corrected chi connectivity index (χ1v) is 6.86. The minimum atomic E-state index is -0.358. The number of nitrogens with one attached hydrogen (secondary N) is 1. The first-order valence-electron chi connectivity index (χ1n) is 6.86. The highest BCUT2D eigenvalue weighted by molar-refractivity contribution is 5.56. The van der Waals surface area contributed by atoms with E-state index in [2.05, 4.69) is 5.32 Å². The number of rotatable bonds is 5. The van der Waals surface area contributed by atoms with Crippen LogP contribution in [0.1, 0.15) is 32.3 Å². The summed E-state index contributed by atoms with van der Waals surface area (Å²) in [6.45, 7) is 7.74. The van der Waals surface area contributed by atoms with Crippen LogP contribution in [0, 0.1) is 10.1 Å². The highest BCUT2D eigenvalue weighted by atomic mass is 16.6. The van der Waals surface area contributed by atoms with Gasteiger partial charge in [0, 0.05) is 17.5 Å². The lowest BCUT2D eigenvalue weighted by atomic mass is 9.92. The molecule has 0 aliphatic carbocycles. The summed E-state index contributed by atoms with van der Waals surface area (Å²) in [4.78, 5) is 10.9. The fraction of sp³-hybridized carbons (Fsp3) is 0.571. The Bertz CT molecular complexity index is 504. The molecule has 2 unspecified atom stereocenters. The Hall–Kier alpha value is -1.82. The number of nitrogens with zero attached hydrogens (tertiary/aromatic N) is 1. The number of likely N-dealkylation sites (N-methyl/N-ethyl adjacent to an activating group) is 1. The van der Waals surface area contributed by atoms with Crippen molar-refractivity contribution >= 4 is 5.69 Å². The zero-order valence-corrected chi connectivity index (χ0v) is 12.0. The summed E-state index contributed by atoms with van der Waals surface area (Å²) in [5.74, 6) is 1.05. The molecule has 20 heavy (non-hydrogen) atoms. The van der Waals surface area contributed by atoms with Crippen molar-refractivity contribution in [1.82, 2.24) is 5.32 Å². The van der Waals surface area contributed by atoms with Crippen LogP contribution in [0.25, 0.3) is 0 Å². The molecule has 1 aromatic rings.